The summed E-state index contributed by atoms with van der Waals surface area (Å²) < 4.78 is 32.8. The topological polar surface area (TPSA) is 63.7 Å². The zero-order valence-corrected chi connectivity index (χ0v) is 16.3. The van der Waals surface area contributed by atoms with Crippen LogP contribution < -0.4 is 4.31 Å². The third-order valence-electron chi connectivity index (χ3n) is 3.92. The van der Waals surface area contributed by atoms with Crippen molar-refractivity contribution in [3.8, 4) is 0 Å². The van der Waals surface area contributed by atoms with E-state index < -0.39 is 22.5 Å². The van der Waals surface area contributed by atoms with Crippen molar-refractivity contribution in [2.45, 2.75) is 4.90 Å². The first kappa shape index (κ1) is 18.4. The van der Waals surface area contributed by atoms with Crippen LogP contribution in [0.25, 0.3) is 10.8 Å². The Morgan fingerprint density at radius 2 is 1.65 bits per heavy atom. The molecule has 0 saturated heterocycles. The second-order valence-electron chi connectivity index (χ2n) is 5.57. The van der Waals surface area contributed by atoms with Gasteiger partial charge in [0, 0.05) is 4.47 Å². The van der Waals surface area contributed by atoms with E-state index in [9.17, 15) is 13.2 Å². The van der Waals surface area contributed by atoms with Crippen molar-refractivity contribution in [3.63, 3.8) is 0 Å². The fourth-order valence-corrected chi connectivity index (χ4v) is 4.23. The molecule has 0 N–H and O–H groups in total. The molecule has 26 heavy (non-hydrogen) atoms. The summed E-state index contributed by atoms with van der Waals surface area (Å²) in [4.78, 5) is 12.0. The number of sulfonamides is 1. The van der Waals surface area contributed by atoms with Gasteiger partial charge < -0.3 is 4.74 Å². The molecule has 0 atom stereocenters. The molecular weight excluding hydrogens is 418 g/mol. The highest BCUT2D eigenvalue weighted by molar-refractivity contribution is 9.10. The Bertz CT molecular complexity index is 1050. The molecule has 3 aromatic rings. The first-order valence-corrected chi connectivity index (χ1v) is 9.99. The number of benzene rings is 3. The quantitative estimate of drug-likeness (QED) is 0.571. The highest BCUT2D eigenvalue weighted by Gasteiger charge is 2.27. The van der Waals surface area contributed by atoms with Gasteiger partial charge in [0.05, 0.1) is 17.7 Å². The van der Waals surface area contributed by atoms with E-state index >= 15 is 0 Å². The molecule has 0 fully saturated rings. The summed E-state index contributed by atoms with van der Waals surface area (Å²) in [6, 6.07) is 19.1. The lowest BCUT2D eigenvalue weighted by Gasteiger charge is -2.23. The molecule has 0 aliphatic carbocycles. The van der Waals surface area contributed by atoms with Crippen molar-refractivity contribution >= 4 is 48.4 Å². The number of anilines is 1. The number of hydrogen-bond donors (Lipinski definition) is 0. The van der Waals surface area contributed by atoms with Gasteiger partial charge in [0.25, 0.3) is 10.0 Å². The van der Waals surface area contributed by atoms with E-state index in [1.807, 2.05) is 30.3 Å². The minimum absolute atomic E-state index is 0.0951. The minimum atomic E-state index is -3.93. The lowest BCUT2D eigenvalue weighted by Crippen LogP contribution is -2.36. The van der Waals surface area contributed by atoms with Crippen LogP contribution in [0, 0.1) is 0 Å². The predicted molar refractivity (Wildman–Crippen MR) is 105 cm³/mol. The fraction of sp³-hybridized carbons (Fsp3) is 0.105. The number of carbonyl (C=O) groups excluding carboxylic acids is 1. The molecule has 0 aromatic heterocycles. The van der Waals surface area contributed by atoms with Gasteiger partial charge in [-0.05, 0) is 47.2 Å². The molecule has 0 radical (unpaired) electrons. The van der Waals surface area contributed by atoms with Gasteiger partial charge in [-0.3, -0.25) is 9.10 Å². The molecule has 7 heteroatoms. The maximum absolute atomic E-state index is 13.1. The van der Waals surface area contributed by atoms with Gasteiger partial charge in [0.15, 0.2) is 0 Å². The first-order valence-electron chi connectivity index (χ1n) is 7.76. The zero-order chi connectivity index (χ0) is 18.7. The Morgan fingerprint density at radius 1 is 1.00 bits per heavy atom. The van der Waals surface area contributed by atoms with Crippen molar-refractivity contribution < 1.29 is 17.9 Å². The molecule has 0 spiro atoms. The highest BCUT2D eigenvalue weighted by atomic mass is 79.9. The molecule has 0 saturated carbocycles. The van der Waals surface area contributed by atoms with E-state index in [1.54, 1.807) is 24.3 Å². The number of fused-ring (bicyclic) bond motifs is 1. The second kappa shape index (κ2) is 7.47. The van der Waals surface area contributed by atoms with Crippen LogP contribution in [0.15, 0.2) is 76.1 Å². The molecule has 134 valence electrons. The summed E-state index contributed by atoms with van der Waals surface area (Å²) in [6.07, 6.45) is 0. The number of ether oxygens (including phenoxy) is 1. The Morgan fingerprint density at radius 3 is 2.31 bits per heavy atom. The largest absolute Gasteiger partial charge is 0.468 e. The van der Waals surface area contributed by atoms with Gasteiger partial charge in [0.2, 0.25) is 0 Å². The van der Waals surface area contributed by atoms with Crippen molar-refractivity contribution in [2.75, 3.05) is 18.0 Å². The van der Waals surface area contributed by atoms with E-state index in [0.29, 0.717) is 5.69 Å². The van der Waals surface area contributed by atoms with Crippen molar-refractivity contribution in [2.24, 2.45) is 0 Å². The number of hydrogen-bond acceptors (Lipinski definition) is 4. The summed E-state index contributed by atoms with van der Waals surface area (Å²) in [6.45, 7) is -0.409. The SMILES string of the molecule is COC(=O)CN(c1ccc2ccccc2c1)S(=O)(=O)c1ccc(Br)cc1. The standard InChI is InChI=1S/C19H16BrNO4S/c1-25-19(22)13-21(26(23,24)18-10-7-16(20)8-11-18)17-9-6-14-4-2-3-5-15(14)12-17/h2-12H,13H2,1H3. The van der Waals surface area contributed by atoms with Gasteiger partial charge in [0.1, 0.15) is 6.54 Å². The number of methoxy groups -OCH3 is 1. The van der Waals surface area contributed by atoms with Crippen molar-refractivity contribution in [1.82, 2.24) is 0 Å². The van der Waals surface area contributed by atoms with E-state index in [2.05, 4.69) is 20.7 Å². The van der Waals surface area contributed by atoms with E-state index in [1.165, 1.54) is 19.2 Å². The predicted octanol–water partition coefficient (Wildman–Crippen LogP) is 3.97. The Balaban J connectivity index is 2.11. The average Bonchev–Trinajstić information content (AvgIpc) is 2.65. The van der Waals surface area contributed by atoms with Crippen LogP contribution in [0.1, 0.15) is 0 Å². The molecule has 5 nitrogen and oxygen atoms in total. The van der Waals surface area contributed by atoms with Gasteiger partial charge in [-0.2, -0.15) is 0 Å². The molecule has 3 aromatic carbocycles. The highest BCUT2D eigenvalue weighted by Crippen LogP contribution is 2.28. The fourth-order valence-electron chi connectivity index (χ4n) is 2.56. The monoisotopic (exact) mass is 433 g/mol. The minimum Gasteiger partial charge on any atom is -0.468 e. The number of rotatable bonds is 5. The molecule has 0 unspecified atom stereocenters. The smallest absolute Gasteiger partial charge is 0.326 e. The summed E-state index contributed by atoms with van der Waals surface area (Å²) in [7, 11) is -2.70. The number of esters is 1. The van der Waals surface area contributed by atoms with Crippen LogP contribution in [-0.2, 0) is 19.6 Å². The zero-order valence-electron chi connectivity index (χ0n) is 13.9. The second-order valence-corrected chi connectivity index (χ2v) is 8.35. The Labute approximate surface area is 160 Å². The summed E-state index contributed by atoms with van der Waals surface area (Å²) in [5, 5.41) is 1.86. The van der Waals surface area contributed by atoms with E-state index in [-0.39, 0.29) is 4.90 Å². The number of carbonyl (C=O) groups is 1. The summed E-state index contributed by atoms with van der Waals surface area (Å²) in [5.41, 5.74) is 0.400. The molecule has 3 rings (SSSR count). The van der Waals surface area contributed by atoms with Crippen LogP contribution in [0.3, 0.4) is 0 Å². The molecule has 0 bridgehead atoms. The molecule has 0 aliphatic heterocycles. The van der Waals surface area contributed by atoms with E-state index in [4.69, 9.17) is 0 Å². The van der Waals surface area contributed by atoms with Crippen molar-refractivity contribution in [1.29, 1.82) is 0 Å². The third kappa shape index (κ3) is 3.73. The van der Waals surface area contributed by atoms with Gasteiger partial charge >= 0.3 is 5.97 Å². The Kier molecular flexibility index (Phi) is 5.29. The summed E-state index contributed by atoms with van der Waals surface area (Å²) in [5.74, 6) is -0.640. The molecule has 0 aliphatic rings. The van der Waals surface area contributed by atoms with Gasteiger partial charge in [-0.25, -0.2) is 8.42 Å². The maximum Gasteiger partial charge on any atom is 0.326 e. The van der Waals surface area contributed by atoms with Crippen LogP contribution in [0.2, 0.25) is 0 Å². The van der Waals surface area contributed by atoms with E-state index in [0.717, 1.165) is 19.6 Å². The lowest BCUT2D eigenvalue weighted by atomic mass is 10.1. The number of halogens is 1. The first-order chi connectivity index (χ1) is 12.4. The van der Waals surface area contributed by atoms with Gasteiger partial charge in [-0.15, -0.1) is 0 Å². The van der Waals surface area contributed by atoms with Crippen molar-refractivity contribution in [3.05, 3.63) is 71.2 Å². The van der Waals surface area contributed by atoms with Crippen LogP contribution in [0.5, 0.6) is 0 Å². The third-order valence-corrected chi connectivity index (χ3v) is 6.24. The van der Waals surface area contributed by atoms with Gasteiger partial charge in [-0.1, -0.05) is 46.3 Å². The summed E-state index contributed by atoms with van der Waals surface area (Å²) >= 11 is 3.29. The normalized spacial score (nSPS) is 11.3. The van der Waals surface area contributed by atoms with Crippen LogP contribution in [0.4, 0.5) is 5.69 Å². The lowest BCUT2D eigenvalue weighted by molar-refractivity contribution is -0.138. The Hall–Kier alpha value is -2.38. The number of nitrogens with zero attached hydrogens (tertiary/aromatic N) is 1. The van der Waals surface area contributed by atoms with Crippen LogP contribution >= 0.6 is 15.9 Å². The maximum atomic E-state index is 13.1. The van der Waals surface area contributed by atoms with Crippen LogP contribution in [-0.4, -0.2) is 28.0 Å². The molecule has 0 amide bonds. The average molecular weight is 434 g/mol. The molecule has 0 heterocycles. The molecular formula is C19H16BrNO4S.